The quantitative estimate of drug-likeness (QED) is 0.865. The molecule has 1 aromatic rings. The van der Waals surface area contributed by atoms with Crippen LogP contribution in [0.15, 0.2) is 18.2 Å². The molecule has 3 nitrogen and oxygen atoms in total. The van der Waals surface area contributed by atoms with Gasteiger partial charge in [-0.25, -0.2) is 0 Å². The molecule has 1 heterocycles. The fourth-order valence-electron chi connectivity index (χ4n) is 2.11. The van der Waals surface area contributed by atoms with E-state index in [4.69, 9.17) is 23.2 Å². The molecule has 0 atom stereocenters. The topological polar surface area (TPSA) is 52.9 Å². The zero-order valence-corrected chi connectivity index (χ0v) is 12.6. The Bertz CT molecular complexity index is 536. The van der Waals surface area contributed by atoms with E-state index in [-0.39, 0.29) is 12.3 Å². The monoisotopic (exact) mass is 316 g/mol. The van der Waals surface area contributed by atoms with Gasteiger partial charge in [0, 0.05) is 21.6 Å². The fraction of sp³-hybridized carbons (Fsp3) is 0.385. The van der Waals surface area contributed by atoms with Crippen LogP contribution in [-0.4, -0.2) is 17.4 Å². The van der Waals surface area contributed by atoms with Gasteiger partial charge in [0.15, 0.2) is 0 Å². The molecular weight excluding hydrogens is 303 g/mol. The zero-order valence-electron chi connectivity index (χ0n) is 10.3. The van der Waals surface area contributed by atoms with Crippen LogP contribution in [0.25, 0.3) is 0 Å². The number of rotatable bonds is 3. The van der Waals surface area contributed by atoms with Crippen molar-refractivity contribution in [1.29, 1.82) is 5.26 Å². The highest BCUT2D eigenvalue weighted by atomic mass is 35.5. The summed E-state index contributed by atoms with van der Waals surface area (Å²) in [6, 6.07) is 5.07. The highest BCUT2D eigenvalue weighted by Crippen LogP contribution is 2.48. The summed E-state index contributed by atoms with van der Waals surface area (Å²) in [5.74, 6) is 1.48. The van der Waals surface area contributed by atoms with Crippen LogP contribution in [0, 0.1) is 10.7 Å². The highest BCUT2D eigenvalue weighted by molar-refractivity contribution is 8.36. The van der Waals surface area contributed by atoms with Crippen LogP contribution in [0.1, 0.15) is 18.4 Å². The average Bonchev–Trinajstić information content (AvgIpc) is 2.82. The second kappa shape index (κ2) is 6.04. The van der Waals surface area contributed by atoms with Crippen molar-refractivity contribution < 1.29 is 4.79 Å². The van der Waals surface area contributed by atoms with Crippen LogP contribution in [0.2, 0.25) is 10.0 Å². The van der Waals surface area contributed by atoms with Gasteiger partial charge in [-0.3, -0.25) is 4.79 Å². The zero-order chi connectivity index (χ0) is 13.9. The Morgan fingerprint density at radius 1 is 1.37 bits per heavy atom. The number of nitrogens with one attached hydrogen (secondary N) is 1. The minimum absolute atomic E-state index is 0.136. The molecule has 0 aliphatic carbocycles. The van der Waals surface area contributed by atoms with Crippen LogP contribution < -0.4 is 4.72 Å². The number of benzene rings is 1. The SMILES string of the molecule is N#CS1(NC(=O)Cc2ccc(Cl)cc2Cl)CCCC1. The first-order chi connectivity index (χ1) is 9.04. The van der Waals surface area contributed by atoms with E-state index in [0.717, 1.165) is 29.9 Å². The lowest BCUT2D eigenvalue weighted by Gasteiger charge is -2.27. The van der Waals surface area contributed by atoms with E-state index in [0.29, 0.717) is 10.0 Å². The molecule has 1 aromatic carbocycles. The lowest BCUT2D eigenvalue weighted by atomic mass is 10.1. The average molecular weight is 317 g/mol. The van der Waals surface area contributed by atoms with E-state index in [2.05, 4.69) is 10.1 Å². The van der Waals surface area contributed by atoms with Crippen LogP contribution in [0.5, 0.6) is 0 Å². The standard InChI is InChI=1S/C13H14Cl2N2OS/c14-11-4-3-10(12(15)8-11)7-13(18)17-19(9-16)5-1-2-6-19/h3-4,8H,1-2,5-7H2,(H,17,18). The maximum absolute atomic E-state index is 12.0. The van der Waals surface area contributed by atoms with Gasteiger partial charge in [0.05, 0.1) is 6.42 Å². The van der Waals surface area contributed by atoms with Gasteiger partial charge in [0.25, 0.3) is 0 Å². The van der Waals surface area contributed by atoms with E-state index in [9.17, 15) is 10.1 Å². The molecule has 0 radical (unpaired) electrons. The van der Waals surface area contributed by atoms with Gasteiger partial charge < -0.3 is 4.72 Å². The number of hydrogen-bond donors (Lipinski definition) is 1. The highest BCUT2D eigenvalue weighted by Gasteiger charge is 2.30. The molecular formula is C13H14Cl2N2OS. The minimum Gasteiger partial charge on any atom is -0.306 e. The molecule has 1 fully saturated rings. The van der Waals surface area contributed by atoms with Crippen molar-refractivity contribution >= 4 is 39.3 Å². The van der Waals surface area contributed by atoms with Gasteiger partial charge in [-0.2, -0.15) is 5.26 Å². The van der Waals surface area contributed by atoms with Gasteiger partial charge >= 0.3 is 0 Å². The second-order valence-corrected chi connectivity index (χ2v) is 8.34. The molecule has 0 spiro atoms. The summed E-state index contributed by atoms with van der Waals surface area (Å²) >= 11 is 11.8. The smallest absolute Gasteiger partial charge is 0.233 e. The van der Waals surface area contributed by atoms with Crippen molar-refractivity contribution in [3.8, 4) is 5.40 Å². The molecule has 102 valence electrons. The fourth-order valence-corrected chi connectivity index (χ4v) is 5.12. The Kier molecular flexibility index (Phi) is 4.62. The van der Waals surface area contributed by atoms with Crippen molar-refractivity contribution in [3.05, 3.63) is 33.8 Å². The van der Waals surface area contributed by atoms with Gasteiger partial charge in [0.2, 0.25) is 5.91 Å². The molecule has 0 aromatic heterocycles. The predicted molar refractivity (Wildman–Crippen MR) is 80.5 cm³/mol. The Balaban J connectivity index is 2.03. The van der Waals surface area contributed by atoms with Crippen molar-refractivity contribution in [2.45, 2.75) is 19.3 Å². The van der Waals surface area contributed by atoms with Crippen molar-refractivity contribution in [3.63, 3.8) is 0 Å². The first-order valence-corrected chi connectivity index (χ1v) is 8.71. The summed E-state index contributed by atoms with van der Waals surface area (Å²) in [5, 5.41) is 12.6. The van der Waals surface area contributed by atoms with Gasteiger partial charge in [-0.05, 0) is 30.5 Å². The van der Waals surface area contributed by atoms with E-state index < -0.39 is 10.2 Å². The number of carbonyl (C=O) groups is 1. The number of nitrogens with zero attached hydrogens (tertiary/aromatic N) is 1. The molecule has 0 unspecified atom stereocenters. The molecule has 0 saturated carbocycles. The maximum Gasteiger partial charge on any atom is 0.233 e. The van der Waals surface area contributed by atoms with Crippen LogP contribution in [0.3, 0.4) is 0 Å². The predicted octanol–water partition coefficient (Wildman–Crippen LogP) is 3.65. The summed E-state index contributed by atoms with van der Waals surface area (Å²) < 4.78 is 2.92. The van der Waals surface area contributed by atoms with Gasteiger partial charge in [-0.15, -0.1) is 0 Å². The number of halogens is 2. The Labute approximate surface area is 124 Å². The number of hydrogen-bond acceptors (Lipinski definition) is 2. The molecule has 1 aliphatic rings. The third-order valence-electron chi connectivity index (χ3n) is 3.09. The minimum atomic E-state index is -1.60. The lowest BCUT2D eigenvalue weighted by molar-refractivity contribution is -0.118. The molecule has 1 N–H and O–H groups in total. The molecule has 1 amide bonds. The number of carbonyl (C=O) groups excluding carboxylic acids is 1. The Morgan fingerprint density at radius 3 is 2.63 bits per heavy atom. The van der Waals surface area contributed by atoms with Gasteiger partial charge in [-0.1, -0.05) is 39.5 Å². The first-order valence-electron chi connectivity index (χ1n) is 5.99. The van der Waals surface area contributed by atoms with E-state index in [1.165, 1.54) is 0 Å². The van der Waals surface area contributed by atoms with E-state index in [1.807, 2.05) is 0 Å². The summed E-state index contributed by atoms with van der Waals surface area (Å²) in [6.07, 6.45) is 2.22. The Hall–Kier alpha value is -0.890. The second-order valence-electron chi connectivity index (χ2n) is 4.53. The van der Waals surface area contributed by atoms with Crippen LogP contribution in [-0.2, 0) is 11.2 Å². The first kappa shape index (κ1) is 14.5. The van der Waals surface area contributed by atoms with Crippen molar-refractivity contribution in [1.82, 2.24) is 4.72 Å². The third-order valence-corrected chi connectivity index (χ3v) is 6.61. The molecule has 6 heteroatoms. The Morgan fingerprint density at radius 2 is 2.05 bits per heavy atom. The number of amides is 1. The molecule has 0 bridgehead atoms. The number of nitriles is 1. The van der Waals surface area contributed by atoms with Gasteiger partial charge in [0.1, 0.15) is 5.40 Å². The van der Waals surface area contributed by atoms with Crippen molar-refractivity contribution in [2.75, 3.05) is 11.5 Å². The summed E-state index contributed by atoms with van der Waals surface area (Å²) in [5.41, 5.74) is 0.731. The molecule has 2 rings (SSSR count). The van der Waals surface area contributed by atoms with E-state index >= 15 is 0 Å². The summed E-state index contributed by atoms with van der Waals surface area (Å²) in [6.45, 7) is 0. The van der Waals surface area contributed by atoms with Crippen molar-refractivity contribution in [2.24, 2.45) is 0 Å². The van der Waals surface area contributed by atoms with Crippen LogP contribution in [0.4, 0.5) is 0 Å². The lowest BCUT2D eigenvalue weighted by Crippen LogP contribution is -2.29. The maximum atomic E-state index is 12.0. The number of thiocyanates is 1. The molecule has 1 saturated heterocycles. The summed E-state index contributed by atoms with van der Waals surface area (Å²) in [7, 11) is -1.60. The largest absolute Gasteiger partial charge is 0.306 e. The molecule has 19 heavy (non-hydrogen) atoms. The normalized spacial score (nSPS) is 18.6. The third kappa shape index (κ3) is 3.56. The van der Waals surface area contributed by atoms with E-state index in [1.54, 1.807) is 18.2 Å². The molecule has 1 aliphatic heterocycles. The van der Waals surface area contributed by atoms with Crippen LogP contribution >= 0.6 is 33.4 Å². The summed E-state index contributed by atoms with van der Waals surface area (Å²) in [4.78, 5) is 12.0.